The predicted octanol–water partition coefficient (Wildman–Crippen LogP) is 4.92. The molecule has 0 heterocycles. The summed E-state index contributed by atoms with van der Waals surface area (Å²) in [6, 6.07) is 12.1. The van der Waals surface area contributed by atoms with E-state index in [-0.39, 0.29) is 12.5 Å². The molecule has 3 rings (SSSR count). The van der Waals surface area contributed by atoms with Crippen molar-refractivity contribution >= 4 is 5.97 Å². The van der Waals surface area contributed by atoms with Gasteiger partial charge in [-0.15, -0.1) is 0 Å². The monoisotopic (exact) mass is 354 g/mol. The second-order valence-corrected chi connectivity index (χ2v) is 6.91. The second-order valence-electron chi connectivity index (χ2n) is 6.91. The molecule has 0 saturated heterocycles. The van der Waals surface area contributed by atoms with Crippen LogP contribution in [-0.4, -0.2) is 17.7 Å². The summed E-state index contributed by atoms with van der Waals surface area (Å²) in [4.78, 5) is 11.0. The molecule has 0 saturated carbocycles. The molecule has 0 aliphatic heterocycles. The van der Waals surface area contributed by atoms with Crippen LogP contribution in [0, 0.1) is 13.8 Å². The Kier molecular flexibility index (Phi) is 5.62. The molecule has 0 spiro atoms. The molecule has 0 unspecified atom stereocenters. The Morgan fingerprint density at radius 3 is 2.62 bits per heavy atom. The lowest BCUT2D eigenvalue weighted by Crippen LogP contribution is -2.10. The maximum absolute atomic E-state index is 11.0. The molecule has 26 heavy (non-hydrogen) atoms. The highest BCUT2D eigenvalue weighted by Gasteiger charge is 2.26. The number of carbonyl (C=O) groups is 1. The Hall–Kier alpha value is -2.33. The van der Waals surface area contributed by atoms with Crippen LogP contribution in [0.5, 0.6) is 5.75 Å². The summed E-state index contributed by atoms with van der Waals surface area (Å²) >= 11 is 0. The minimum atomic E-state index is -0.864. The molecule has 0 radical (unpaired) electrons. The summed E-state index contributed by atoms with van der Waals surface area (Å²) in [5, 5.41) is 9.05. The van der Waals surface area contributed by atoms with E-state index in [4.69, 9.17) is 14.6 Å². The molecule has 1 aliphatic rings. The SMILES string of the molecule is CCO[C@@H](CC(=O)O)c1ccc(O[C@@H]2CCc3c(C)cc(C)cc32)cc1. The van der Waals surface area contributed by atoms with Crippen molar-refractivity contribution in [2.75, 3.05) is 6.61 Å². The van der Waals surface area contributed by atoms with E-state index in [1.165, 1.54) is 22.3 Å². The Balaban J connectivity index is 1.74. The maximum atomic E-state index is 11.0. The number of hydrogen-bond donors (Lipinski definition) is 1. The molecule has 2 aromatic rings. The summed E-state index contributed by atoms with van der Waals surface area (Å²) in [6.45, 7) is 6.63. The van der Waals surface area contributed by atoms with Crippen LogP contribution in [0.15, 0.2) is 36.4 Å². The van der Waals surface area contributed by atoms with E-state index in [1.807, 2.05) is 31.2 Å². The summed E-state index contributed by atoms with van der Waals surface area (Å²) in [6.07, 6.45) is 1.65. The number of carboxylic acid groups (broad SMARTS) is 1. The van der Waals surface area contributed by atoms with Crippen molar-refractivity contribution in [2.45, 2.75) is 52.2 Å². The van der Waals surface area contributed by atoms with Gasteiger partial charge in [0.1, 0.15) is 11.9 Å². The van der Waals surface area contributed by atoms with E-state index in [0.29, 0.717) is 6.61 Å². The molecule has 0 bridgehead atoms. The van der Waals surface area contributed by atoms with Gasteiger partial charge in [-0.05, 0) is 68.0 Å². The first-order valence-corrected chi connectivity index (χ1v) is 9.18. The number of hydrogen-bond acceptors (Lipinski definition) is 3. The lowest BCUT2D eigenvalue weighted by molar-refractivity contribution is -0.140. The third-order valence-electron chi connectivity index (χ3n) is 4.91. The lowest BCUT2D eigenvalue weighted by atomic mass is 10.0. The van der Waals surface area contributed by atoms with Crippen LogP contribution in [0.3, 0.4) is 0 Å². The van der Waals surface area contributed by atoms with Crippen molar-refractivity contribution in [3.63, 3.8) is 0 Å². The topological polar surface area (TPSA) is 55.8 Å². The van der Waals surface area contributed by atoms with E-state index in [9.17, 15) is 4.79 Å². The van der Waals surface area contributed by atoms with Crippen molar-refractivity contribution in [2.24, 2.45) is 0 Å². The quantitative estimate of drug-likeness (QED) is 0.766. The first-order chi connectivity index (χ1) is 12.5. The first kappa shape index (κ1) is 18.5. The normalized spacial score (nSPS) is 17.0. The van der Waals surface area contributed by atoms with Crippen molar-refractivity contribution in [3.8, 4) is 5.75 Å². The number of aliphatic carboxylic acids is 1. The smallest absolute Gasteiger partial charge is 0.306 e. The van der Waals surface area contributed by atoms with E-state index >= 15 is 0 Å². The fourth-order valence-electron chi connectivity index (χ4n) is 3.77. The molecular weight excluding hydrogens is 328 g/mol. The molecule has 2 aromatic carbocycles. The fraction of sp³-hybridized carbons (Fsp3) is 0.409. The summed E-state index contributed by atoms with van der Waals surface area (Å²) in [7, 11) is 0. The number of carboxylic acids is 1. The zero-order chi connectivity index (χ0) is 18.7. The third-order valence-corrected chi connectivity index (χ3v) is 4.91. The van der Waals surface area contributed by atoms with Gasteiger partial charge in [0, 0.05) is 6.61 Å². The number of aryl methyl sites for hydroxylation is 2. The van der Waals surface area contributed by atoms with Gasteiger partial charge in [-0.25, -0.2) is 0 Å². The molecule has 1 N–H and O–H groups in total. The second kappa shape index (κ2) is 7.92. The molecular formula is C22H26O4. The maximum Gasteiger partial charge on any atom is 0.306 e. The molecule has 0 aromatic heterocycles. The highest BCUT2D eigenvalue weighted by Crippen LogP contribution is 2.37. The van der Waals surface area contributed by atoms with Gasteiger partial charge in [0.2, 0.25) is 0 Å². The van der Waals surface area contributed by atoms with Crippen LogP contribution in [0.4, 0.5) is 0 Å². The van der Waals surface area contributed by atoms with E-state index in [0.717, 1.165) is 24.2 Å². The summed E-state index contributed by atoms with van der Waals surface area (Å²) in [5.74, 6) is -0.0617. The molecule has 138 valence electrons. The third kappa shape index (κ3) is 4.07. The Morgan fingerprint density at radius 2 is 1.96 bits per heavy atom. The fourth-order valence-corrected chi connectivity index (χ4v) is 3.77. The number of ether oxygens (including phenoxy) is 2. The van der Waals surface area contributed by atoms with E-state index < -0.39 is 12.1 Å². The molecule has 0 amide bonds. The zero-order valence-electron chi connectivity index (χ0n) is 15.6. The van der Waals surface area contributed by atoms with E-state index in [2.05, 4.69) is 26.0 Å². The highest BCUT2D eigenvalue weighted by atomic mass is 16.5. The van der Waals surface area contributed by atoms with Crippen LogP contribution in [-0.2, 0) is 16.0 Å². The van der Waals surface area contributed by atoms with Crippen LogP contribution in [0.1, 0.15) is 59.8 Å². The Bertz CT molecular complexity index is 779. The van der Waals surface area contributed by atoms with Crippen molar-refractivity contribution in [1.29, 1.82) is 0 Å². The molecule has 4 nitrogen and oxygen atoms in total. The highest BCUT2D eigenvalue weighted by molar-refractivity contribution is 5.67. The number of fused-ring (bicyclic) bond motifs is 1. The molecule has 0 fully saturated rings. The molecule has 2 atom stereocenters. The van der Waals surface area contributed by atoms with Crippen LogP contribution in [0.2, 0.25) is 0 Å². The van der Waals surface area contributed by atoms with Gasteiger partial charge in [0.05, 0.1) is 12.5 Å². The van der Waals surface area contributed by atoms with Crippen molar-refractivity contribution in [1.82, 2.24) is 0 Å². The largest absolute Gasteiger partial charge is 0.486 e. The van der Waals surface area contributed by atoms with Crippen molar-refractivity contribution in [3.05, 3.63) is 64.2 Å². The van der Waals surface area contributed by atoms with E-state index in [1.54, 1.807) is 0 Å². The van der Waals surface area contributed by atoms with Gasteiger partial charge in [-0.1, -0.05) is 29.8 Å². The number of benzene rings is 2. The molecule has 1 aliphatic carbocycles. The van der Waals surface area contributed by atoms with Crippen LogP contribution >= 0.6 is 0 Å². The number of rotatable bonds is 7. The van der Waals surface area contributed by atoms with Crippen LogP contribution < -0.4 is 4.74 Å². The van der Waals surface area contributed by atoms with Gasteiger partial charge in [0.25, 0.3) is 0 Å². The predicted molar refractivity (Wildman–Crippen MR) is 101 cm³/mol. The average molecular weight is 354 g/mol. The molecule has 4 heteroatoms. The van der Waals surface area contributed by atoms with Gasteiger partial charge in [0.15, 0.2) is 0 Å². The minimum Gasteiger partial charge on any atom is -0.486 e. The van der Waals surface area contributed by atoms with Crippen molar-refractivity contribution < 1.29 is 19.4 Å². The van der Waals surface area contributed by atoms with Gasteiger partial charge in [-0.2, -0.15) is 0 Å². The first-order valence-electron chi connectivity index (χ1n) is 9.18. The summed E-state index contributed by atoms with van der Waals surface area (Å²) < 4.78 is 11.8. The average Bonchev–Trinajstić information content (AvgIpc) is 2.98. The minimum absolute atomic E-state index is 0.0391. The standard InChI is InChI=1S/C22H26O4/c1-4-25-21(13-22(23)24)16-5-7-17(8-6-16)26-20-10-9-18-15(3)11-14(2)12-19(18)20/h5-8,11-12,20-21H,4,9-10,13H2,1-3H3,(H,23,24)/t20-,21+/m1/s1. The Morgan fingerprint density at radius 1 is 1.23 bits per heavy atom. The Labute approximate surface area is 154 Å². The van der Waals surface area contributed by atoms with Gasteiger partial charge in [-0.3, -0.25) is 4.79 Å². The van der Waals surface area contributed by atoms with Gasteiger partial charge < -0.3 is 14.6 Å². The lowest BCUT2D eigenvalue weighted by Gasteiger charge is -2.18. The zero-order valence-corrected chi connectivity index (χ0v) is 15.6. The van der Waals surface area contributed by atoms with Crippen LogP contribution in [0.25, 0.3) is 0 Å². The summed E-state index contributed by atoms with van der Waals surface area (Å²) in [5.41, 5.74) is 6.18. The van der Waals surface area contributed by atoms with Gasteiger partial charge >= 0.3 is 5.97 Å².